The first-order valence-corrected chi connectivity index (χ1v) is 6.56. The number of rotatable bonds is 2. The first-order chi connectivity index (χ1) is 8.06. The molecule has 0 amide bonds. The lowest BCUT2D eigenvalue weighted by molar-refractivity contribution is 0.113. The number of benzene rings is 1. The maximum Gasteiger partial charge on any atom is 0.0473 e. The van der Waals surface area contributed by atoms with Crippen molar-refractivity contribution in [2.45, 2.75) is 26.8 Å². The molecule has 1 N–H and O–H groups in total. The van der Waals surface area contributed by atoms with E-state index < -0.39 is 0 Å². The van der Waals surface area contributed by atoms with Gasteiger partial charge in [-0.3, -0.25) is 4.90 Å². The molecule has 1 aliphatic heterocycles. The third kappa shape index (κ3) is 3.55. The Bertz CT molecular complexity index is 340. The van der Waals surface area contributed by atoms with Crippen LogP contribution in [0.2, 0.25) is 0 Å². The number of hydrogen-bond donors (Lipinski definition) is 1. The Morgan fingerprint density at radius 1 is 1.24 bits per heavy atom. The zero-order valence-corrected chi connectivity index (χ0v) is 11.2. The molecule has 1 saturated heterocycles. The van der Waals surface area contributed by atoms with Crippen LogP contribution in [0.15, 0.2) is 30.3 Å². The van der Waals surface area contributed by atoms with Crippen LogP contribution in [0.5, 0.6) is 0 Å². The highest BCUT2D eigenvalue weighted by Crippen LogP contribution is 2.26. The lowest BCUT2D eigenvalue weighted by atomic mass is 9.93. The van der Waals surface area contributed by atoms with Gasteiger partial charge in [-0.2, -0.15) is 0 Å². The number of piperazine rings is 1. The molecule has 1 aliphatic rings. The van der Waals surface area contributed by atoms with E-state index in [0.717, 1.165) is 26.2 Å². The molecule has 2 rings (SSSR count). The fraction of sp³-hybridized carbons (Fsp3) is 0.600. The molecule has 1 unspecified atom stereocenters. The van der Waals surface area contributed by atoms with Gasteiger partial charge in [0.25, 0.3) is 0 Å². The summed E-state index contributed by atoms with van der Waals surface area (Å²) < 4.78 is 0. The van der Waals surface area contributed by atoms with Gasteiger partial charge in [0, 0.05) is 32.2 Å². The highest BCUT2D eigenvalue weighted by atomic mass is 15.2. The van der Waals surface area contributed by atoms with Crippen LogP contribution in [-0.2, 0) is 0 Å². The second-order valence-corrected chi connectivity index (χ2v) is 6.16. The molecule has 0 aliphatic carbocycles. The van der Waals surface area contributed by atoms with E-state index in [9.17, 15) is 0 Å². The first kappa shape index (κ1) is 12.6. The van der Waals surface area contributed by atoms with Crippen LogP contribution < -0.4 is 5.32 Å². The highest BCUT2D eigenvalue weighted by molar-refractivity contribution is 5.20. The summed E-state index contributed by atoms with van der Waals surface area (Å²) in [6.07, 6.45) is 0. The van der Waals surface area contributed by atoms with Crippen molar-refractivity contribution in [1.29, 1.82) is 0 Å². The molecular weight excluding hydrogens is 208 g/mol. The predicted octanol–water partition coefficient (Wildman–Crippen LogP) is 2.68. The second kappa shape index (κ2) is 5.19. The van der Waals surface area contributed by atoms with Crippen molar-refractivity contribution in [2.24, 2.45) is 5.41 Å². The van der Waals surface area contributed by atoms with Crippen LogP contribution >= 0.6 is 0 Å². The van der Waals surface area contributed by atoms with Crippen LogP contribution in [-0.4, -0.2) is 31.1 Å². The van der Waals surface area contributed by atoms with Crippen molar-refractivity contribution in [3.8, 4) is 0 Å². The van der Waals surface area contributed by atoms with Crippen molar-refractivity contribution in [3.63, 3.8) is 0 Å². The van der Waals surface area contributed by atoms with Gasteiger partial charge in [0.2, 0.25) is 0 Å². The molecule has 94 valence electrons. The Kier molecular flexibility index (Phi) is 3.85. The number of nitrogens with one attached hydrogen (secondary N) is 1. The first-order valence-electron chi connectivity index (χ1n) is 6.56. The van der Waals surface area contributed by atoms with Gasteiger partial charge in [-0.1, -0.05) is 51.1 Å². The summed E-state index contributed by atoms with van der Waals surface area (Å²) in [5.41, 5.74) is 1.80. The molecule has 1 fully saturated rings. The van der Waals surface area contributed by atoms with E-state index in [1.165, 1.54) is 5.56 Å². The Hall–Kier alpha value is -0.860. The van der Waals surface area contributed by atoms with Crippen LogP contribution in [0.4, 0.5) is 0 Å². The normalized spacial score (nSPS) is 22.6. The van der Waals surface area contributed by atoms with Crippen LogP contribution in [0.1, 0.15) is 32.4 Å². The summed E-state index contributed by atoms with van der Waals surface area (Å²) in [5.74, 6) is 0. The minimum Gasteiger partial charge on any atom is -0.314 e. The van der Waals surface area contributed by atoms with Gasteiger partial charge in [-0.15, -0.1) is 0 Å². The molecule has 1 heterocycles. The lowest BCUT2D eigenvalue weighted by Gasteiger charge is -2.40. The summed E-state index contributed by atoms with van der Waals surface area (Å²) in [6, 6.07) is 11.4. The van der Waals surface area contributed by atoms with Crippen LogP contribution in [0, 0.1) is 5.41 Å². The lowest BCUT2D eigenvalue weighted by Crippen LogP contribution is -2.48. The largest absolute Gasteiger partial charge is 0.314 e. The molecule has 0 bridgehead atoms. The molecule has 17 heavy (non-hydrogen) atoms. The molecule has 1 aromatic carbocycles. The molecule has 1 aromatic rings. The summed E-state index contributed by atoms with van der Waals surface area (Å²) in [4.78, 5) is 2.62. The van der Waals surface area contributed by atoms with Crippen LogP contribution in [0.3, 0.4) is 0 Å². The molecule has 1 atom stereocenters. The van der Waals surface area contributed by atoms with E-state index in [0.29, 0.717) is 11.5 Å². The van der Waals surface area contributed by atoms with Gasteiger partial charge >= 0.3 is 0 Å². The van der Waals surface area contributed by atoms with Gasteiger partial charge in [0.05, 0.1) is 0 Å². The molecular formula is C15H24N2. The topological polar surface area (TPSA) is 15.3 Å². The van der Waals surface area contributed by atoms with Crippen molar-refractivity contribution < 1.29 is 0 Å². The number of nitrogens with zero attached hydrogens (tertiary/aromatic N) is 1. The SMILES string of the molecule is CC(C)(C)CN1CCNCC1c1ccccc1. The van der Waals surface area contributed by atoms with E-state index in [1.807, 2.05) is 0 Å². The van der Waals surface area contributed by atoms with E-state index >= 15 is 0 Å². The Balaban J connectivity index is 2.13. The van der Waals surface area contributed by atoms with Gasteiger partial charge in [-0.05, 0) is 11.0 Å². The fourth-order valence-electron chi connectivity index (χ4n) is 2.55. The second-order valence-electron chi connectivity index (χ2n) is 6.16. The van der Waals surface area contributed by atoms with Crippen molar-refractivity contribution in [3.05, 3.63) is 35.9 Å². The summed E-state index contributed by atoms with van der Waals surface area (Å²) in [7, 11) is 0. The average Bonchev–Trinajstić information content (AvgIpc) is 2.29. The minimum absolute atomic E-state index is 0.365. The maximum absolute atomic E-state index is 3.51. The highest BCUT2D eigenvalue weighted by Gasteiger charge is 2.26. The smallest absolute Gasteiger partial charge is 0.0473 e. The van der Waals surface area contributed by atoms with E-state index in [-0.39, 0.29) is 0 Å². The van der Waals surface area contributed by atoms with Crippen molar-refractivity contribution in [2.75, 3.05) is 26.2 Å². The Labute approximate surface area is 105 Å². The zero-order valence-electron chi connectivity index (χ0n) is 11.2. The van der Waals surface area contributed by atoms with Crippen LogP contribution in [0.25, 0.3) is 0 Å². The average molecular weight is 232 g/mol. The van der Waals surface area contributed by atoms with Crippen molar-refractivity contribution >= 4 is 0 Å². The number of hydrogen-bond acceptors (Lipinski definition) is 2. The standard InChI is InChI=1S/C15H24N2/c1-15(2,3)12-17-10-9-16-11-14(17)13-7-5-4-6-8-13/h4-8,14,16H,9-12H2,1-3H3. The predicted molar refractivity (Wildman–Crippen MR) is 73.1 cm³/mol. The zero-order chi connectivity index (χ0) is 12.3. The molecule has 0 spiro atoms. The summed E-state index contributed by atoms with van der Waals surface area (Å²) in [6.45, 7) is 11.4. The van der Waals surface area contributed by atoms with E-state index in [4.69, 9.17) is 0 Å². The monoisotopic (exact) mass is 232 g/mol. The summed E-state index contributed by atoms with van der Waals surface area (Å²) >= 11 is 0. The molecule has 0 radical (unpaired) electrons. The third-order valence-electron chi connectivity index (χ3n) is 3.22. The fourth-order valence-corrected chi connectivity index (χ4v) is 2.55. The van der Waals surface area contributed by atoms with Gasteiger partial charge in [0.1, 0.15) is 0 Å². The van der Waals surface area contributed by atoms with E-state index in [1.54, 1.807) is 0 Å². The minimum atomic E-state index is 0.365. The molecule has 0 saturated carbocycles. The Morgan fingerprint density at radius 2 is 1.94 bits per heavy atom. The van der Waals surface area contributed by atoms with Gasteiger partial charge in [0.15, 0.2) is 0 Å². The van der Waals surface area contributed by atoms with Crippen molar-refractivity contribution in [1.82, 2.24) is 10.2 Å². The molecule has 2 nitrogen and oxygen atoms in total. The van der Waals surface area contributed by atoms with Gasteiger partial charge < -0.3 is 5.32 Å². The Morgan fingerprint density at radius 3 is 2.59 bits per heavy atom. The maximum atomic E-state index is 3.51. The van der Waals surface area contributed by atoms with E-state index in [2.05, 4.69) is 61.3 Å². The molecule has 2 heteroatoms. The quantitative estimate of drug-likeness (QED) is 0.843. The summed E-state index contributed by atoms with van der Waals surface area (Å²) in [5, 5.41) is 3.51. The van der Waals surface area contributed by atoms with Gasteiger partial charge in [-0.25, -0.2) is 0 Å². The third-order valence-corrected chi connectivity index (χ3v) is 3.22. The molecule has 0 aromatic heterocycles.